The molecule has 7 aliphatic rings. The van der Waals surface area contributed by atoms with Gasteiger partial charge in [-0.15, -0.1) is 0 Å². The van der Waals surface area contributed by atoms with Crippen LogP contribution in [-0.2, 0) is 0 Å². The molecule has 5 saturated heterocycles. The van der Waals surface area contributed by atoms with E-state index in [1.807, 2.05) is 5.57 Å². The fraction of sp³-hybridized carbons (Fsp3) is 0.923. The Morgan fingerprint density at radius 1 is 0.857 bits per heavy atom. The van der Waals surface area contributed by atoms with Crippen molar-refractivity contribution in [2.45, 2.75) is 127 Å². The first-order chi connectivity index (χ1) is 13.7. The van der Waals surface area contributed by atoms with Gasteiger partial charge in [0.2, 0.25) is 0 Å². The molecule has 6 fully saturated rings. The van der Waals surface area contributed by atoms with Crippen molar-refractivity contribution >= 4 is 0 Å². The van der Waals surface area contributed by atoms with Crippen molar-refractivity contribution in [3.8, 4) is 0 Å². The fourth-order valence-corrected chi connectivity index (χ4v) is 10.4. The number of rotatable bonds is 0. The quantitative estimate of drug-likeness (QED) is 0.521. The van der Waals surface area contributed by atoms with Crippen molar-refractivity contribution < 1.29 is 0 Å². The molecule has 1 aliphatic carbocycles. The average Bonchev–Trinajstić information content (AvgIpc) is 2.67. The van der Waals surface area contributed by atoms with Gasteiger partial charge in [-0.05, 0) is 93.5 Å². The van der Waals surface area contributed by atoms with Crippen LogP contribution in [0.5, 0.6) is 0 Å². The molecule has 2 heteroatoms. The summed E-state index contributed by atoms with van der Waals surface area (Å²) in [5.74, 6) is 3.84. The van der Waals surface area contributed by atoms with E-state index in [1.54, 1.807) is 0 Å². The molecule has 7 rings (SSSR count). The lowest BCUT2D eigenvalue weighted by molar-refractivity contribution is -0.169. The number of fused-ring (bicyclic) bond motifs is 2. The zero-order chi connectivity index (χ0) is 18.6. The third-order valence-electron chi connectivity index (χ3n) is 10.8. The third kappa shape index (κ3) is 2.08. The first-order valence-corrected chi connectivity index (χ1v) is 12.9. The van der Waals surface area contributed by atoms with Crippen LogP contribution in [0.4, 0.5) is 0 Å². The van der Waals surface area contributed by atoms with Gasteiger partial charge >= 0.3 is 0 Å². The van der Waals surface area contributed by atoms with Crippen molar-refractivity contribution in [1.82, 2.24) is 9.80 Å². The van der Waals surface area contributed by atoms with Gasteiger partial charge in [0, 0.05) is 35.7 Å². The number of piperidine rings is 5. The van der Waals surface area contributed by atoms with Gasteiger partial charge in [0.15, 0.2) is 0 Å². The topological polar surface area (TPSA) is 6.48 Å². The SMILES string of the molecule is CC1CC2CCCC3CC4CC(C1)(C1=CCC5CCCC6CC(C)C4C1N56)N23. The Morgan fingerprint density at radius 2 is 1.61 bits per heavy atom. The molecule has 0 aromatic carbocycles. The van der Waals surface area contributed by atoms with Crippen LogP contribution < -0.4 is 0 Å². The molecule has 1 spiro atoms. The van der Waals surface area contributed by atoms with E-state index in [9.17, 15) is 0 Å². The Hall–Kier alpha value is -0.340. The molecule has 0 aromatic heterocycles. The second kappa shape index (κ2) is 5.88. The Bertz CT molecular complexity index is 699. The lowest BCUT2D eigenvalue weighted by Crippen LogP contribution is -2.76. The molecule has 10 atom stereocenters. The molecule has 2 nitrogen and oxygen atoms in total. The van der Waals surface area contributed by atoms with E-state index in [0.29, 0.717) is 5.54 Å². The molecule has 0 amide bonds. The molecule has 0 N–H and O–H groups in total. The minimum absolute atomic E-state index is 0.460. The number of nitrogens with zero attached hydrogens (tertiary/aromatic N) is 2. The van der Waals surface area contributed by atoms with E-state index < -0.39 is 0 Å². The predicted octanol–water partition coefficient (Wildman–Crippen LogP) is 5.38. The molecule has 154 valence electrons. The van der Waals surface area contributed by atoms with E-state index in [0.717, 1.165) is 53.9 Å². The Morgan fingerprint density at radius 3 is 2.46 bits per heavy atom. The summed E-state index contributed by atoms with van der Waals surface area (Å²) in [6, 6.07) is 4.42. The van der Waals surface area contributed by atoms with E-state index in [1.165, 1.54) is 77.0 Å². The Labute approximate surface area is 172 Å². The molecule has 10 unspecified atom stereocenters. The van der Waals surface area contributed by atoms with Crippen LogP contribution in [-0.4, -0.2) is 45.5 Å². The fourth-order valence-electron chi connectivity index (χ4n) is 10.4. The summed E-state index contributed by atoms with van der Waals surface area (Å²) in [7, 11) is 0. The summed E-state index contributed by atoms with van der Waals surface area (Å²) in [5, 5.41) is 0. The first-order valence-electron chi connectivity index (χ1n) is 12.9. The predicted molar refractivity (Wildman–Crippen MR) is 114 cm³/mol. The molecule has 28 heavy (non-hydrogen) atoms. The smallest absolute Gasteiger partial charge is 0.0447 e. The van der Waals surface area contributed by atoms with Crippen LogP contribution in [0.1, 0.15) is 90.9 Å². The summed E-state index contributed by atoms with van der Waals surface area (Å²) in [4.78, 5) is 6.34. The highest BCUT2D eigenvalue weighted by Gasteiger charge is 2.65. The van der Waals surface area contributed by atoms with Crippen molar-refractivity contribution in [3.05, 3.63) is 11.6 Å². The maximum atomic E-state index is 3.19. The molecule has 6 aliphatic heterocycles. The number of hydrogen-bond donors (Lipinski definition) is 0. The van der Waals surface area contributed by atoms with Crippen LogP contribution in [0.25, 0.3) is 0 Å². The van der Waals surface area contributed by atoms with Crippen molar-refractivity contribution in [3.63, 3.8) is 0 Å². The zero-order valence-corrected chi connectivity index (χ0v) is 18.2. The molecule has 2 bridgehead atoms. The number of hydrogen-bond acceptors (Lipinski definition) is 2. The third-order valence-corrected chi connectivity index (χ3v) is 10.8. The van der Waals surface area contributed by atoms with Crippen molar-refractivity contribution in [1.29, 1.82) is 0 Å². The van der Waals surface area contributed by atoms with Crippen LogP contribution in [0.15, 0.2) is 11.6 Å². The molecular weight excluding hydrogens is 340 g/mol. The van der Waals surface area contributed by atoms with E-state index in [4.69, 9.17) is 0 Å². The second-order valence-corrected chi connectivity index (χ2v) is 12.2. The molecule has 1 saturated carbocycles. The maximum absolute atomic E-state index is 3.19. The highest BCUT2D eigenvalue weighted by atomic mass is 15.3. The Kier molecular flexibility index (Phi) is 3.64. The van der Waals surface area contributed by atoms with Gasteiger partial charge in [-0.1, -0.05) is 32.8 Å². The summed E-state index contributed by atoms with van der Waals surface area (Å²) in [5.41, 5.74) is 2.42. The minimum atomic E-state index is 0.460. The standard InChI is InChI=1S/C26H40N2/c1-16-11-21-7-4-8-22-13-18-15-26(14-16,28(21)22)23-10-9-19-5-3-6-20-12-17(2)24(18)25(23)27(19)20/h10,16-22,24-25H,3-9,11-15H2,1-2H3. The van der Waals surface area contributed by atoms with E-state index in [2.05, 4.69) is 29.7 Å². The summed E-state index contributed by atoms with van der Waals surface area (Å²) in [6.07, 6.45) is 20.7. The Balaban J connectivity index is 1.40. The van der Waals surface area contributed by atoms with Crippen LogP contribution in [0, 0.1) is 23.7 Å². The van der Waals surface area contributed by atoms with Gasteiger partial charge in [-0.25, -0.2) is 0 Å². The van der Waals surface area contributed by atoms with Gasteiger partial charge in [0.1, 0.15) is 0 Å². The normalized spacial score (nSPS) is 57.8. The van der Waals surface area contributed by atoms with Crippen LogP contribution in [0.2, 0.25) is 0 Å². The summed E-state index contributed by atoms with van der Waals surface area (Å²) in [6.45, 7) is 5.24. The largest absolute Gasteiger partial charge is 0.290 e. The lowest BCUT2D eigenvalue weighted by atomic mass is 9.49. The second-order valence-electron chi connectivity index (χ2n) is 12.2. The van der Waals surface area contributed by atoms with Crippen LogP contribution in [0.3, 0.4) is 0 Å². The van der Waals surface area contributed by atoms with Crippen molar-refractivity contribution in [2.24, 2.45) is 23.7 Å². The van der Waals surface area contributed by atoms with Gasteiger partial charge in [-0.2, -0.15) is 0 Å². The minimum Gasteiger partial charge on any atom is -0.290 e. The van der Waals surface area contributed by atoms with Gasteiger partial charge in [0.25, 0.3) is 0 Å². The van der Waals surface area contributed by atoms with Gasteiger partial charge < -0.3 is 0 Å². The van der Waals surface area contributed by atoms with Gasteiger partial charge in [0.05, 0.1) is 0 Å². The monoisotopic (exact) mass is 380 g/mol. The molecule has 0 radical (unpaired) electrons. The lowest BCUT2D eigenvalue weighted by Gasteiger charge is -2.72. The van der Waals surface area contributed by atoms with Gasteiger partial charge in [-0.3, -0.25) is 9.80 Å². The van der Waals surface area contributed by atoms with Crippen LogP contribution >= 0.6 is 0 Å². The van der Waals surface area contributed by atoms with E-state index in [-0.39, 0.29) is 0 Å². The van der Waals surface area contributed by atoms with E-state index >= 15 is 0 Å². The molecule has 6 heterocycles. The zero-order valence-electron chi connectivity index (χ0n) is 18.2. The average molecular weight is 381 g/mol. The van der Waals surface area contributed by atoms with Crippen molar-refractivity contribution in [2.75, 3.05) is 0 Å². The molecular formula is C26H40N2. The highest BCUT2D eigenvalue weighted by molar-refractivity contribution is 5.38. The molecule has 0 aromatic rings. The summed E-state index contributed by atoms with van der Waals surface area (Å²) < 4.78 is 0. The maximum Gasteiger partial charge on any atom is 0.0447 e. The highest BCUT2D eigenvalue weighted by Crippen LogP contribution is 2.63. The first kappa shape index (κ1) is 17.4. The summed E-state index contributed by atoms with van der Waals surface area (Å²) >= 11 is 0.